The number of fused-ring (bicyclic) bond motifs is 1. The fourth-order valence-corrected chi connectivity index (χ4v) is 1.34. The van der Waals surface area contributed by atoms with Crippen molar-refractivity contribution in [2.75, 3.05) is 0 Å². The van der Waals surface area contributed by atoms with E-state index in [9.17, 15) is 4.79 Å². The number of ketones is 1. The van der Waals surface area contributed by atoms with E-state index in [1.165, 1.54) is 0 Å². The third-order valence-corrected chi connectivity index (χ3v) is 2.03. The van der Waals surface area contributed by atoms with E-state index in [-0.39, 0.29) is 5.78 Å². The molecule has 1 heteroatoms. The Morgan fingerprint density at radius 2 is 1.69 bits per heavy atom. The normalized spacial score (nSPS) is 10.2. The van der Waals surface area contributed by atoms with Crippen molar-refractivity contribution >= 4 is 16.6 Å². The second kappa shape index (κ2) is 2.94. The van der Waals surface area contributed by atoms with Crippen molar-refractivity contribution in [3.8, 4) is 0 Å². The molecule has 0 atom stereocenters. The number of hydrogen-bond acceptors (Lipinski definition) is 1. The maximum Gasteiger partial charge on any atom is 0.0114 e. The quantitative estimate of drug-likeness (QED) is 0.472. The second-order valence-electron chi connectivity index (χ2n) is 2.93. The molecule has 0 fully saturated rings. The topological polar surface area (TPSA) is 17.1 Å². The van der Waals surface area contributed by atoms with Crippen molar-refractivity contribution in [3.63, 3.8) is 0 Å². The fraction of sp³-hybridized carbons (Fsp3) is 0. The number of Topliss-reactive ketones (excluding diaryl/α,β-unsaturated/α-hetero) is 1. The molecule has 63 valence electrons. The summed E-state index contributed by atoms with van der Waals surface area (Å²) in [4.78, 5) is 10.9. The molecule has 2 aromatic carbocycles. The van der Waals surface area contributed by atoms with Crippen LogP contribution < -0.4 is 0 Å². The van der Waals surface area contributed by atoms with Gasteiger partial charge in [-0.15, -0.1) is 17.7 Å². The summed E-state index contributed by atoms with van der Waals surface area (Å²) in [6.07, 6.45) is 0. The molecule has 0 aliphatic rings. The molecule has 1 nitrogen and oxygen atoms in total. The van der Waals surface area contributed by atoms with E-state index < -0.39 is 0 Å². The van der Waals surface area contributed by atoms with Gasteiger partial charge in [0, 0.05) is 5.78 Å². The van der Waals surface area contributed by atoms with E-state index in [0.29, 0.717) is 5.56 Å². The number of carbonyl (C=O) groups excluding carboxylic acids is 1. The molecule has 2 rings (SSSR count). The van der Waals surface area contributed by atoms with Crippen LogP contribution in [0.2, 0.25) is 0 Å². The molecule has 0 unspecified atom stereocenters. The molecular formula is C12H8O-. The molecule has 13 heavy (non-hydrogen) atoms. The summed E-state index contributed by atoms with van der Waals surface area (Å²) >= 11 is 0. The van der Waals surface area contributed by atoms with E-state index in [0.717, 1.165) is 10.8 Å². The smallest absolute Gasteiger partial charge is 0.0114 e. The Bertz CT molecular complexity index is 457. The minimum atomic E-state index is -0.384. The first-order valence-electron chi connectivity index (χ1n) is 4.06. The lowest BCUT2D eigenvalue weighted by molar-refractivity contribution is 0.104. The van der Waals surface area contributed by atoms with Crippen LogP contribution in [0.5, 0.6) is 0 Å². The van der Waals surface area contributed by atoms with Crippen molar-refractivity contribution in [1.82, 2.24) is 0 Å². The van der Waals surface area contributed by atoms with Gasteiger partial charge in [0.2, 0.25) is 0 Å². The molecule has 0 heterocycles. The minimum Gasteiger partial charge on any atom is -0.333 e. The molecule has 0 N–H and O–H groups in total. The lowest BCUT2D eigenvalue weighted by Gasteiger charge is -2.06. The van der Waals surface area contributed by atoms with Gasteiger partial charge in [0.1, 0.15) is 0 Å². The van der Waals surface area contributed by atoms with Gasteiger partial charge in [0.15, 0.2) is 0 Å². The van der Waals surface area contributed by atoms with Crippen LogP contribution in [-0.4, -0.2) is 5.78 Å². The summed E-state index contributed by atoms with van der Waals surface area (Å²) in [5, 5.41) is 2.16. The highest BCUT2D eigenvalue weighted by molar-refractivity contribution is 6.02. The molecule has 0 spiro atoms. The first-order valence-corrected chi connectivity index (χ1v) is 4.06. The summed E-state index contributed by atoms with van der Waals surface area (Å²) in [5.74, 6) is -0.384. The van der Waals surface area contributed by atoms with E-state index >= 15 is 0 Å². The van der Waals surface area contributed by atoms with Crippen molar-refractivity contribution in [2.45, 2.75) is 0 Å². The highest BCUT2D eigenvalue weighted by Gasteiger charge is 1.91. The zero-order valence-corrected chi connectivity index (χ0v) is 7.03. The maximum atomic E-state index is 10.9. The third-order valence-electron chi connectivity index (χ3n) is 2.03. The SMILES string of the molecule is [CH-]C(=O)c1ccc2ccccc2c1. The molecule has 0 amide bonds. The largest absolute Gasteiger partial charge is 0.333 e. The summed E-state index contributed by atoms with van der Waals surface area (Å²) in [6.45, 7) is 5.17. The van der Waals surface area contributed by atoms with Gasteiger partial charge in [0.25, 0.3) is 0 Å². The highest BCUT2D eigenvalue weighted by Crippen LogP contribution is 2.15. The van der Waals surface area contributed by atoms with Crippen molar-refractivity contribution < 1.29 is 4.79 Å². The van der Waals surface area contributed by atoms with Crippen molar-refractivity contribution in [3.05, 3.63) is 55.0 Å². The lowest BCUT2D eigenvalue weighted by atomic mass is 10.1. The van der Waals surface area contributed by atoms with Crippen LogP contribution in [0, 0.1) is 6.92 Å². The second-order valence-corrected chi connectivity index (χ2v) is 2.93. The van der Waals surface area contributed by atoms with E-state index in [4.69, 9.17) is 6.92 Å². The zero-order valence-electron chi connectivity index (χ0n) is 7.03. The van der Waals surface area contributed by atoms with Crippen molar-refractivity contribution in [2.24, 2.45) is 0 Å². The van der Waals surface area contributed by atoms with Gasteiger partial charge in [-0.05, 0) is 10.8 Å². The summed E-state index contributed by atoms with van der Waals surface area (Å²) in [6, 6.07) is 13.3. The predicted octanol–water partition coefficient (Wildman–Crippen LogP) is 2.73. The molecular weight excluding hydrogens is 160 g/mol. The molecule has 0 aliphatic heterocycles. The van der Waals surface area contributed by atoms with Crippen LogP contribution in [0.4, 0.5) is 0 Å². The summed E-state index contributed by atoms with van der Waals surface area (Å²) < 4.78 is 0. The van der Waals surface area contributed by atoms with Crippen LogP contribution in [0.3, 0.4) is 0 Å². The fourth-order valence-electron chi connectivity index (χ4n) is 1.34. The van der Waals surface area contributed by atoms with Crippen LogP contribution in [0.15, 0.2) is 42.5 Å². The zero-order chi connectivity index (χ0) is 9.26. The minimum absolute atomic E-state index is 0.384. The van der Waals surface area contributed by atoms with E-state index in [1.807, 2.05) is 30.3 Å². The first-order chi connectivity index (χ1) is 6.27. The Kier molecular flexibility index (Phi) is 1.78. The monoisotopic (exact) mass is 168 g/mol. The number of hydrogen-bond donors (Lipinski definition) is 0. The molecule has 0 bridgehead atoms. The highest BCUT2D eigenvalue weighted by atomic mass is 16.1. The Hall–Kier alpha value is -1.76. The first kappa shape index (κ1) is 7.87. The van der Waals surface area contributed by atoms with Gasteiger partial charge in [-0.1, -0.05) is 30.3 Å². The van der Waals surface area contributed by atoms with Crippen molar-refractivity contribution in [1.29, 1.82) is 0 Å². The molecule has 0 saturated carbocycles. The van der Waals surface area contributed by atoms with Gasteiger partial charge >= 0.3 is 0 Å². The Morgan fingerprint density at radius 1 is 1.00 bits per heavy atom. The molecule has 0 saturated heterocycles. The maximum absolute atomic E-state index is 10.9. The van der Waals surface area contributed by atoms with Crippen LogP contribution in [0.25, 0.3) is 10.8 Å². The number of carbonyl (C=O) groups is 1. The standard InChI is InChI=1S/C12H8O/c1-9(13)11-7-6-10-4-2-3-5-12(10)8-11/h1-8H/q-1. The lowest BCUT2D eigenvalue weighted by Crippen LogP contribution is -1.90. The Balaban J connectivity index is 2.69. The van der Waals surface area contributed by atoms with E-state index in [2.05, 4.69) is 0 Å². The van der Waals surface area contributed by atoms with Gasteiger partial charge in [0.05, 0.1) is 0 Å². The number of benzene rings is 2. The van der Waals surface area contributed by atoms with Gasteiger partial charge in [-0.2, -0.15) is 0 Å². The van der Waals surface area contributed by atoms with Crippen LogP contribution in [0.1, 0.15) is 10.4 Å². The average Bonchev–Trinajstić information content (AvgIpc) is 2.17. The van der Waals surface area contributed by atoms with Gasteiger partial charge in [-0.3, -0.25) is 0 Å². The summed E-state index contributed by atoms with van der Waals surface area (Å²) in [5.41, 5.74) is 0.554. The van der Waals surface area contributed by atoms with E-state index in [1.54, 1.807) is 12.1 Å². The summed E-state index contributed by atoms with van der Waals surface area (Å²) in [7, 11) is 0. The Morgan fingerprint density at radius 3 is 2.38 bits per heavy atom. The predicted molar refractivity (Wildman–Crippen MR) is 52.6 cm³/mol. The van der Waals surface area contributed by atoms with Crippen LogP contribution in [-0.2, 0) is 0 Å². The van der Waals surface area contributed by atoms with Crippen LogP contribution >= 0.6 is 0 Å². The van der Waals surface area contributed by atoms with Gasteiger partial charge < -0.3 is 4.79 Å². The third kappa shape index (κ3) is 1.41. The molecule has 1 radical (unpaired) electrons. The average molecular weight is 168 g/mol. The molecule has 2 aromatic rings. The number of rotatable bonds is 1. The molecule has 0 aromatic heterocycles. The van der Waals surface area contributed by atoms with Gasteiger partial charge in [-0.25, -0.2) is 6.92 Å². The molecule has 0 aliphatic carbocycles. The Labute approximate surface area is 77.0 Å².